The summed E-state index contributed by atoms with van der Waals surface area (Å²) in [5, 5.41) is 48.8. The molecule has 22 nitrogen and oxygen atoms in total. The van der Waals surface area contributed by atoms with Crippen LogP contribution in [-0.4, -0.2) is 61.6 Å². The fourth-order valence-electron chi connectivity index (χ4n) is 5.26. The van der Waals surface area contributed by atoms with Gasteiger partial charge in [0.05, 0.1) is 42.3 Å². The van der Waals surface area contributed by atoms with Crippen molar-refractivity contribution in [1.82, 2.24) is 0 Å². The Morgan fingerprint density at radius 2 is 0.647 bits per heavy atom. The van der Waals surface area contributed by atoms with Crippen LogP contribution in [0, 0.1) is 10.4 Å². The summed E-state index contributed by atoms with van der Waals surface area (Å²) in [6, 6.07) is 26.2. The molecule has 6 rings (SSSR count). The fraction of sp³-hybridized carbons (Fsp3) is 0. The van der Waals surface area contributed by atoms with E-state index >= 15 is 0 Å². The summed E-state index contributed by atoms with van der Waals surface area (Å²) < 4.78 is 140. The molecule has 0 radical (unpaired) electrons. The van der Waals surface area contributed by atoms with Gasteiger partial charge in [-0.15, -0.1) is 0 Å². The Morgan fingerprint density at radius 3 is 1.06 bits per heavy atom. The van der Waals surface area contributed by atoms with Crippen molar-refractivity contribution in [2.75, 3.05) is 0 Å². The van der Waals surface area contributed by atoms with Crippen molar-refractivity contribution in [2.24, 2.45) is 30.7 Å². The van der Waals surface area contributed by atoms with Gasteiger partial charge < -0.3 is 28.6 Å². The second-order valence-corrected chi connectivity index (χ2v) is 18.2. The molecule has 30 heteroatoms. The van der Waals surface area contributed by atoms with E-state index in [2.05, 4.69) is 30.7 Å². The van der Waals surface area contributed by atoms with E-state index in [1.807, 2.05) is 0 Å². The maximum Gasteiger partial charge on any atom is 1.00 e. The molecule has 0 fully saturated rings. The van der Waals surface area contributed by atoms with Crippen LogP contribution in [0.3, 0.4) is 0 Å². The first-order valence-electron chi connectivity index (χ1n) is 17.4. The van der Waals surface area contributed by atoms with Crippen LogP contribution < -0.4 is 118 Å². The topological polar surface area (TPSA) is 355 Å². The van der Waals surface area contributed by atoms with Gasteiger partial charge in [0.25, 0.3) is 0 Å². The Morgan fingerprint density at radius 1 is 0.353 bits per heavy atom. The molecule has 0 aliphatic rings. The van der Waals surface area contributed by atoms with Gasteiger partial charge >= 0.3 is 118 Å². The molecule has 0 amide bonds. The fourth-order valence-corrected chi connectivity index (χ4v) is 7.58. The van der Waals surface area contributed by atoms with Crippen molar-refractivity contribution in [1.29, 1.82) is 0 Å². The van der Waals surface area contributed by atoms with Gasteiger partial charge in [-0.05, 0) is 114 Å². The minimum absolute atomic E-state index is 0. The van der Waals surface area contributed by atoms with E-state index in [0.29, 0.717) is 5.69 Å². The summed E-state index contributed by atoms with van der Waals surface area (Å²) in [5.74, 6) is 0. The number of hydrogen-bond donors (Lipinski definition) is 0. The van der Waals surface area contributed by atoms with E-state index in [1.54, 1.807) is 0 Å². The average molecular weight is 1040 g/mol. The first-order valence-corrected chi connectivity index (χ1v) is 23.1. The molecule has 0 aliphatic carbocycles. The van der Waals surface area contributed by atoms with E-state index in [9.17, 15) is 62.3 Å². The minimum Gasteiger partial charge on any atom is -0.744 e. The summed E-state index contributed by atoms with van der Waals surface area (Å²) in [4.78, 5) is -2.33. The predicted molar refractivity (Wildman–Crippen MR) is 219 cm³/mol. The van der Waals surface area contributed by atoms with Crippen LogP contribution >= 0.6 is 0 Å². The van der Waals surface area contributed by atoms with Crippen LogP contribution in [0.1, 0.15) is 11.1 Å². The molecule has 0 aliphatic heterocycles. The van der Waals surface area contributed by atoms with Crippen LogP contribution in [0.15, 0.2) is 184 Å². The molecule has 0 aromatic heterocycles. The van der Waals surface area contributed by atoms with Gasteiger partial charge in [-0.2, -0.15) is 20.5 Å². The van der Waals surface area contributed by atoms with Gasteiger partial charge in [0.1, 0.15) is 51.8 Å². The molecule has 0 bridgehead atoms. The van der Waals surface area contributed by atoms with Crippen LogP contribution in [-0.2, 0) is 40.5 Å². The number of azo groups is 4. The molecule has 68 heavy (non-hydrogen) atoms. The second kappa shape index (κ2) is 25.7. The van der Waals surface area contributed by atoms with Crippen molar-refractivity contribution in [3.63, 3.8) is 0 Å². The normalized spacial score (nSPS) is 12.5. The van der Waals surface area contributed by atoms with Crippen molar-refractivity contribution in [3.8, 4) is 0 Å². The quantitative estimate of drug-likeness (QED) is 0.0252. The zero-order valence-electron chi connectivity index (χ0n) is 35.8. The Kier molecular flexibility index (Phi) is 23.0. The molecule has 0 saturated heterocycles. The average Bonchev–Trinajstić information content (AvgIpc) is 3.24. The maximum atomic E-state index is 12.9. The van der Waals surface area contributed by atoms with Gasteiger partial charge in [0, 0.05) is 34.5 Å². The van der Waals surface area contributed by atoms with Crippen molar-refractivity contribution in [2.45, 2.75) is 19.6 Å². The Labute approximate surface area is 477 Å². The van der Waals surface area contributed by atoms with Gasteiger partial charge in [-0.3, -0.25) is 0 Å². The van der Waals surface area contributed by atoms with E-state index in [-0.39, 0.29) is 179 Å². The third-order valence-corrected chi connectivity index (χ3v) is 11.8. The molecular formula is C38H24N8Na4O14S4. The van der Waals surface area contributed by atoms with E-state index in [0.717, 1.165) is 72.8 Å². The zero-order chi connectivity index (χ0) is 46.5. The molecule has 6 aromatic rings. The third-order valence-electron chi connectivity index (χ3n) is 8.34. The maximum absolute atomic E-state index is 12.9. The number of hydrogen-bond acceptors (Lipinski definition) is 20. The van der Waals surface area contributed by atoms with Crippen LogP contribution in [0.25, 0.3) is 12.2 Å². The molecule has 0 saturated carbocycles. The van der Waals surface area contributed by atoms with Gasteiger partial charge in [-0.25, -0.2) is 33.7 Å². The largest absolute Gasteiger partial charge is 1.00 e. The second-order valence-electron chi connectivity index (χ2n) is 12.8. The molecular weight excluding hydrogens is 1010 g/mol. The molecule has 0 atom stereocenters. The first-order chi connectivity index (χ1) is 30.0. The number of nitrogens with zero attached hydrogens (tertiary/aromatic N) is 8. The van der Waals surface area contributed by atoms with Gasteiger partial charge in [-0.1, -0.05) is 27.9 Å². The first kappa shape index (κ1) is 60.8. The van der Waals surface area contributed by atoms with Gasteiger partial charge in [0.2, 0.25) is 11.4 Å². The Balaban J connectivity index is 0.00000397. The molecule has 0 unspecified atom stereocenters. The third kappa shape index (κ3) is 17.2. The van der Waals surface area contributed by atoms with Crippen LogP contribution in [0.5, 0.6) is 0 Å². The van der Waals surface area contributed by atoms with Crippen molar-refractivity contribution < 1.29 is 180 Å². The summed E-state index contributed by atoms with van der Waals surface area (Å²) in [7, 11) is -19.8. The number of rotatable bonds is 14. The summed E-state index contributed by atoms with van der Waals surface area (Å²) in [6.45, 7) is 0. The molecule has 328 valence electrons. The van der Waals surface area contributed by atoms with Crippen molar-refractivity contribution >= 4 is 98.1 Å². The van der Waals surface area contributed by atoms with Gasteiger partial charge in [0.15, 0.2) is 0 Å². The predicted octanol–water partition coefficient (Wildman–Crippen LogP) is -3.83. The molecule has 0 N–H and O–H groups in total. The van der Waals surface area contributed by atoms with E-state index in [1.165, 1.54) is 72.8 Å². The summed E-state index contributed by atoms with van der Waals surface area (Å²) >= 11 is 0. The number of benzene rings is 6. The molecule has 0 spiro atoms. The van der Waals surface area contributed by atoms with E-state index in [4.69, 9.17) is 0 Å². The SMILES string of the molecule is O=S(=O)([O-])c1ccc(N=Nc2ccc(N=[N+]([O-])c3ccc(C=Cc4ccc(N=Nc5ccc([N+]([O-])=Nc6ccc(S(=O)(=O)[O-])cc6)cc5)cc4S(=O)(=O)[O-])c(S(=O)(=O)[O-])c3)cc2)cc1.[Na+].[Na+].[Na+].[Na+]. The zero-order valence-corrected chi connectivity index (χ0v) is 47.0. The summed E-state index contributed by atoms with van der Waals surface area (Å²) in [6.07, 6.45) is 2.09. The summed E-state index contributed by atoms with van der Waals surface area (Å²) in [5.41, 5.74) is -0.117. The van der Waals surface area contributed by atoms with Crippen molar-refractivity contribution in [3.05, 3.63) is 155 Å². The monoisotopic (exact) mass is 1040 g/mol. The Hall–Kier alpha value is -3.30. The minimum atomic E-state index is -5.26. The smallest absolute Gasteiger partial charge is 0.744 e. The molecule has 6 aromatic carbocycles. The Bertz CT molecular complexity index is 3390. The molecule has 0 heterocycles. The van der Waals surface area contributed by atoms with Crippen LogP contribution in [0.4, 0.5) is 45.5 Å². The van der Waals surface area contributed by atoms with E-state index < -0.39 is 60.1 Å². The standard InChI is InChI=1S/C38H28N8O14S4.4Na/c47-45(43-31-14-21-36(22-15-31)62(52,53)54)33-17-10-28(11-18-33)41-42-32-5-3-25(37(23-32)63(55,56)57)1-2-26-4-16-34(24-38(26)64(58,59)60)46(48)44-30-8-6-27(7-9-30)39-40-29-12-19-35(20-13-29)61(49,50)51;;;;/h1-24H,(H,49,50,51)(H,52,53,54)(H,55,56,57)(H,58,59,60);;;;/q;4*+1/p-4. The van der Waals surface area contributed by atoms with Crippen LogP contribution in [0.2, 0.25) is 0 Å².